The van der Waals surface area contributed by atoms with Gasteiger partial charge >= 0.3 is 11.9 Å². The fourth-order valence-electron chi connectivity index (χ4n) is 2.88. The molecule has 38 heavy (non-hydrogen) atoms. The van der Waals surface area contributed by atoms with Crippen LogP contribution in [-0.2, 0) is 14.3 Å². The topological polar surface area (TPSA) is 139 Å². The standard InChI is InChI=1S/C11H15NO3.C6H11BrO2.C5H5NO.C4H8O.C2H6/c1-8(2)7-9(11(14)15)12-6-4-3-5-10(12)13;1-4(2)3-5(7)6(8)9;7-5-3-1-2-4-6-5;1-2-4-5-3-1;1-2/h3-6,8-9H,7H2,1-2H3,(H,14,15);4-5H,3H2,1-2H3,(H,8,9);1-4H,(H,6,7);1-4H2;1-2H3/t;5-;;;/m.1.../s1. The minimum Gasteiger partial charge on any atom is -0.480 e. The molecule has 2 aromatic rings. The van der Waals surface area contributed by atoms with Crippen LogP contribution in [0.4, 0.5) is 0 Å². The first-order valence-corrected chi connectivity index (χ1v) is 13.9. The van der Waals surface area contributed by atoms with Crippen LogP contribution in [0.2, 0.25) is 0 Å². The van der Waals surface area contributed by atoms with Gasteiger partial charge in [-0.15, -0.1) is 0 Å². The molecule has 0 spiro atoms. The number of carboxylic acids is 2. The molecule has 0 amide bonds. The molecule has 216 valence electrons. The number of nitrogens with one attached hydrogen (secondary N) is 1. The number of H-pyrrole nitrogens is 1. The molecule has 1 saturated heterocycles. The summed E-state index contributed by atoms with van der Waals surface area (Å²) in [5, 5.41) is 17.4. The van der Waals surface area contributed by atoms with E-state index in [2.05, 4.69) is 20.9 Å². The maximum Gasteiger partial charge on any atom is 0.326 e. The lowest BCUT2D eigenvalue weighted by Gasteiger charge is -2.16. The van der Waals surface area contributed by atoms with Gasteiger partial charge in [0.15, 0.2) is 0 Å². The molecule has 1 aliphatic heterocycles. The summed E-state index contributed by atoms with van der Waals surface area (Å²) < 4.78 is 6.21. The zero-order chi connectivity index (χ0) is 29.5. The van der Waals surface area contributed by atoms with Crippen molar-refractivity contribution in [3.05, 3.63) is 69.5 Å². The first-order valence-electron chi connectivity index (χ1n) is 12.9. The molecular weight excluding hydrogens is 556 g/mol. The maximum absolute atomic E-state index is 11.4. The quantitative estimate of drug-likeness (QED) is 0.351. The molecule has 10 heteroatoms. The zero-order valence-corrected chi connectivity index (χ0v) is 25.0. The van der Waals surface area contributed by atoms with E-state index in [-0.39, 0.29) is 21.9 Å². The molecule has 3 rings (SSSR count). The number of hydrogen-bond acceptors (Lipinski definition) is 5. The van der Waals surface area contributed by atoms with Crippen LogP contribution in [0.1, 0.15) is 73.3 Å². The van der Waals surface area contributed by atoms with E-state index in [1.54, 1.807) is 30.5 Å². The van der Waals surface area contributed by atoms with Crippen molar-refractivity contribution in [2.75, 3.05) is 13.2 Å². The number of halogens is 1. The minimum absolute atomic E-state index is 0.0532. The van der Waals surface area contributed by atoms with Crippen molar-refractivity contribution in [3.63, 3.8) is 0 Å². The van der Waals surface area contributed by atoms with Crippen molar-refractivity contribution in [2.24, 2.45) is 11.8 Å². The second-order valence-corrected chi connectivity index (χ2v) is 10.0. The number of aromatic nitrogens is 2. The van der Waals surface area contributed by atoms with Crippen molar-refractivity contribution in [3.8, 4) is 0 Å². The van der Waals surface area contributed by atoms with Crippen molar-refractivity contribution >= 4 is 27.9 Å². The van der Waals surface area contributed by atoms with E-state index in [0.29, 0.717) is 18.8 Å². The summed E-state index contributed by atoms with van der Waals surface area (Å²) in [4.78, 5) is 45.0. The Kier molecular flexibility index (Phi) is 23.1. The predicted molar refractivity (Wildman–Crippen MR) is 155 cm³/mol. The minimum atomic E-state index is -0.961. The number of rotatable bonds is 7. The summed E-state index contributed by atoms with van der Waals surface area (Å²) in [6.07, 6.45) is 6.82. The first-order chi connectivity index (χ1) is 18.0. The van der Waals surface area contributed by atoms with Crippen molar-refractivity contribution in [1.29, 1.82) is 0 Å². The monoisotopic (exact) mass is 600 g/mol. The number of aromatic amines is 1. The van der Waals surface area contributed by atoms with Crippen molar-refractivity contribution < 1.29 is 24.5 Å². The lowest BCUT2D eigenvalue weighted by atomic mass is 10.0. The summed E-state index contributed by atoms with van der Waals surface area (Å²) >= 11 is 3.04. The van der Waals surface area contributed by atoms with Gasteiger partial charge in [-0.25, -0.2) is 4.79 Å². The summed E-state index contributed by atoms with van der Waals surface area (Å²) in [6.45, 7) is 13.9. The van der Waals surface area contributed by atoms with E-state index >= 15 is 0 Å². The molecule has 1 fully saturated rings. The van der Waals surface area contributed by atoms with Gasteiger partial charge in [-0.1, -0.05) is 69.6 Å². The predicted octanol–water partition coefficient (Wildman–Crippen LogP) is 5.60. The van der Waals surface area contributed by atoms with Gasteiger partial charge in [0.05, 0.1) is 0 Å². The molecule has 2 atom stereocenters. The smallest absolute Gasteiger partial charge is 0.326 e. The largest absolute Gasteiger partial charge is 0.480 e. The number of hydrogen-bond donors (Lipinski definition) is 3. The second-order valence-electron chi connectivity index (χ2n) is 8.91. The van der Waals surface area contributed by atoms with E-state index in [9.17, 15) is 19.2 Å². The highest BCUT2D eigenvalue weighted by molar-refractivity contribution is 9.10. The third-order valence-corrected chi connectivity index (χ3v) is 5.39. The Labute approximate surface area is 234 Å². The van der Waals surface area contributed by atoms with E-state index in [1.807, 2.05) is 41.5 Å². The van der Waals surface area contributed by atoms with E-state index in [4.69, 9.17) is 14.9 Å². The molecule has 0 radical (unpaired) electrons. The van der Waals surface area contributed by atoms with Crippen LogP contribution in [0.5, 0.6) is 0 Å². The van der Waals surface area contributed by atoms with Gasteiger partial charge in [0.2, 0.25) is 5.56 Å². The molecule has 2 aromatic heterocycles. The Hall–Kier alpha value is -2.72. The van der Waals surface area contributed by atoms with E-state index < -0.39 is 18.0 Å². The molecule has 3 heterocycles. The van der Waals surface area contributed by atoms with Crippen molar-refractivity contribution in [1.82, 2.24) is 9.55 Å². The van der Waals surface area contributed by atoms with Crippen LogP contribution >= 0.6 is 15.9 Å². The van der Waals surface area contributed by atoms with Gasteiger partial charge in [-0.2, -0.15) is 0 Å². The highest BCUT2D eigenvalue weighted by Crippen LogP contribution is 2.15. The molecule has 0 aliphatic carbocycles. The average Bonchev–Trinajstić information content (AvgIpc) is 3.45. The fourth-order valence-corrected chi connectivity index (χ4v) is 3.63. The number of carboxylic acid groups (broad SMARTS) is 2. The van der Waals surface area contributed by atoms with Crippen LogP contribution in [0.3, 0.4) is 0 Å². The van der Waals surface area contributed by atoms with Gasteiger partial charge < -0.3 is 24.5 Å². The third kappa shape index (κ3) is 20.4. The number of ether oxygens (including phenoxy) is 1. The number of alkyl halides is 1. The fraction of sp³-hybridized carbons (Fsp3) is 0.571. The first kappa shape index (κ1) is 37.4. The third-order valence-electron chi connectivity index (χ3n) is 4.62. The number of carbonyl (C=O) groups is 2. The van der Waals surface area contributed by atoms with Gasteiger partial charge in [-0.3, -0.25) is 14.4 Å². The van der Waals surface area contributed by atoms with Gasteiger partial charge in [-0.05, 0) is 49.7 Å². The second kappa shape index (κ2) is 23.4. The number of pyridine rings is 2. The molecule has 0 aromatic carbocycles. The Balaban J connectivity index is 0. The Morgan fingerprint density at radius 3 is 1.76 bits per heavy atom. The maximum atomic E-state index is 11.4. The normalized spacial score (nSPS) is 13.2. The molecule has 1 aliphatic rings. The van der Waals surface area contributed by atoms with Crippen LogP contribution in [0, 0.1) is 11.8 Å². The van der Waals surface area contributed by atoms with Crippen LogP contribution in [0.15, 0.2) is 58.4 Å². The highest BCUT2D eigenvalue weighted by atomic mass is 79.9. The summed E-state index contributed by atoms with van der Waals surface area (Å²) in [6, 6.07) is 8.81. The number of aliphatic carboxylic acids is 2. The molecule has 0 saturated carbocycles. The van der Waals surface area contributed by atoms with E-state index in [0.717, 1.165) is 13.2 Å². The molecule has 3 N–H and O–H groups in total. The Morgan fingerprint density at radius 1 is 0.921 bits per heavy atom. The average molecular weight is 602 g/mol. The Morgan fingerprint density at radius 2 is 1.47 bits per heavy atom. The van der Waals surface area contributed by atoms with Crippen molar-refractivity contribution in [2.45, 2.75) is 78.1 Å². The van der Waals surface area contributed by atoms with Crippen LogP contribution in [-0.4, -0.2) is 49.7 Å². The summed E-state index contributed by atoms with van der Waals surface area (Å²) in [5.74, 6) is -1.07. The molecule has 9 nitrogen and oxygen atoms in total. The lowest BCUT2D eigenvalue weighted by Crippen LogP contribution is -2.29. The van der Waals surface area contributed by atoms with Crippen LogP contribution in [0.25, 0.3) is 0 Å². The lowest BCUT2D eigenvalue weighted by molar-refractivity contribution is -0.141. The SMILES string of the molecule is C1CCOC1.CC.CC(C)CC(C(=O)O)n1ccccc1=O.CC(C)C[C@@H](Br)C(=O)O.O=c1cccc[nH]1. The zero-order valence-electron chi connectivity index (χ0n) is 23.4. The summed E-state index contributed by atoms with van der Waals surface area (Å²) in [5.41, 5.74) is -0.326. The van der Waals surface area contributed by atoms with Gasteiger partial charge in [0, 0.05) is 37.7 Å². The molecular formula is C28H45BrN2O7. The van der Waals surface area contributed by atoms with Crippen LogP contribution < -0.4 is 11.1 Å². The molecule has 1 unspecified atom stereocenters. The van der Waals surface area contributed by atoms with Gasteiger partial charge in [0.1, 0.15) is 10.9 Å². The Bertz CT molecular complexity index is 960. The molecule has 0 bridgehead atoms. The van der Waals surface area contributed by atoms with Gasteiger partial charge in [0.25, 0.3) is 5.56 Å². The summed E-state index contributed by atoms with van der Waals surface area (Å²) in [7, 11) is 0. The highest BCUT2D eigenvalue weighted by Gasteiger charge is 2.21. The van der Waals surface area contributed by atoms with E-state index in [1.165, 1.54) is 35.7 Å². The number of nitrogens with zero attached hydrogens (tertiary/aromatic N) is 1.